The van der Waals surface area contributed by atoms with Gasteiger partial charge in [0.05, 0.1) is 5.56 Å². The monoisotopic (exact) mass is 364 g/mol. The molecule has 0 saturated carbocycles. The van der Waals surface area contributed by atoms with Gasteiger partial charge in [-0.3, -0.25) is 0 Å². The Morgan fingerprint density at radius 2 is 2.05 bits per heavy atom. The number of nitrogens with zero attached hydrogens (tertiary/aromatic N) is 1. The molecular weight excluding hydrogens is 345 g/mol. The zero-order valence-electron chi connectivity index (χ0n) is 12.2. The molecule has 2 unspecified atom stereocenters. The van der Waals surface area contributed by atoms with Crippen LogP contribution >= 0.6 is 15.9 Å². The number of rotatable bonds is 3. The second kappa shape index (κ2) is 6.57. The number of alkyl halides is 3. The first kappa shape index (κ1) is 16.6. The fourth-order valence-corrected chi connectivity index (χ4v) is 3.41. The second-order valence-electron chi connectivity index (χ2n) is 5.52. The van der Waals surface area contributed by atoms with Gasteiger partial charge in [0.1, 0.15) is 0 Å². The second-order valence-corrected chi connectivity index (χ2v) is 6.43. The van der Waals surface area contributed by atoms with Crippen LogP contribution in [0.5, 0.6) is 0 Å². The van der Waals surface area contributed by atoms with Gasteiger partial charge >= 0.3 is 6.18 Å². The summed E-state index contributed by atoms with van der Waals surface area (Å²) in [6.45, 7) is 5.83. The van der Waals surface area contributed by atoms with Crippen LogP contribution in [-0.2, 0) is 6.18 Å². The summed E-state index contributed by atoms with van der Waals surface area (Å²) >= 11 is 3.19. The van der Waals surface area contributed by atoms with Gasteiger partial charge < -0.3 is 10.2 Å². The predicted octanol–water partition coefficient (Wildman–Crippen LogP) is 4.43. The average molecular weight is 365 g/mol. The molecular formula is C15H20BrF3N2. The van der Waals surface area contributed by atoms with Crippen molar-refractivity contribution in [1.82, 2.24) is 5.32 Å². The minimum Gasteiger partial charge on any atom is -0.369 e. The van der Waals surface area contributed by atoms with E-state index in [0.29, 0.717) is 16.2 Å². The van der Waals surface area contributed by atoms with Crippen LogP contribution in [0.15, 0.2) is 22.7 Å². The molecule has 1 aromatic rings. The van der Waals surface area contributed by atoms with Crippen molar-refractivity contribution in [3.05, 3.63) is 28.2 Å². The first-order valence-electron chi connectivity index (χ1n) is 7.19. The number of piperidine rings is 1. The smallest absolute Gasteiger partial charge is 0.369 e. The number of anilines is 1. The molecule has 1 aliphatic heterocycles. The van der Waals surface area contributed by atoms with E-state index in [0.717, 1.165) is 32.0 Å². The van der Waals surface area contributed by atoms with Crippen molar-refractivity contribution in [2.45, 2.75) is 44.9 Å². The molecule has 1 heterocycles. The van der Waals surface area contributed by atoms with Gasteiger partial charge in [-0.25, -0.2) is 0 Å². The maximum atomic E-state index is 12.9. The summed E-state index contributed by atoms with van der Waals surface area (Å²) in [6, 6.07) is 4.81. The molecule has 1 fully saturated rings. The van der Waals surface area contributed by atoms with Crippen LogP contribution in [0.1, 0.15) is 32.3 Å². The average Bonchev–Trinajstić information content (AvgIpc) is 2.37. The van der Waals surface area contributed by atoms with E-state index in [9.17, 15) is 13.2 Å². The van der Waals surface area contributed by atoms with Crippen molar-refractivity contribution in [3.8, 4) is 0 Å². The number of halogens is 4. The normalized spacial score (nSPS) is 23.4. The maximum absolute atomic E-state index is 12.9. The molecule has 0 spiro atoms. The van der Waals surface area contributed by atoms with Crippen molar-refractivity contribution < 1.29 is 13.2 Å². The molecule has 0 amide bonds. The molecule has 118 valence electrons. The van der Waals surface area contributed by atoms with Crippen molar-refractivity contribution in [2.75, 3.05) is 18.0 Å². The Hall–Kier alpha value is -0.750. The summed E-state index contributed by atoms with van der Waals surface area (Å²) in [5.41, 5.74) is 0.0343. The summed E-state index contributed by atoms with van der Waals surface area (Å²) in [5.74, 6) is 0. The number of hydrogen-bond donors (Lipinski definition) is 1. The highest BCUT2D eigenvalue weighted by Crippen LogP contribution is 2.36. The van der Waals surface area contributed by atoms with Gasteiger partial charge in [0.15, 0.2) is 0 Å². The molecule has 0 aliphatic carbocycles. The van der Waals surface area contributed by atoms with Gasteiger partial charge in [0, 0.05) is 28.8 Å². The predicted molar refractivity (Wildman–Crippen MR) is 82.7 cm³/mol. The Labute approximate surface area is 131 Å². The summed E-state index contributed by atoms with van der Waals surface area (Å²) in [6.07, 6.45) is -2.42. The third kappa shape index (κ3) is 4.13. The molecule has 1 saturated heterocycles. The van der Waals surface area contributed by atoms with Crippen molar-refractivity contribution >= 4 is 21.6 Å². The Kier molecular flexibility index (Phi) is 5.20. The molecule has 0 bridgehead atoms. The van der Waals surface area contributed by atoms with Crippen molar-refractivity contribution in [3.63, 3.8) is 0 Å². The van der Waals surface area contributed by atoms with Gasteiger partial charge in [0.25, 0.3) is 0 Å². The lowest BCUT2D eigenvalue weighted by atomic mass is 9.97. The molecule has 1 N–H and O–H groups in total. The van der Waals surface area contributed by atoms with Crippen molar-refractivity contribution in [1.29, 1.82) is 0 Å². The lowest BCUT2D eigenvalue weighted by Gasteiger charge is -2.40. The first-order chi connectivity index (χ1) is 9.81. The Morgan fingerprint density at radius 3 is 2.62 bits per heavy atom. The summed E-state index contributed by atoms with van der Waals surface area (Å²) in [7, 11) is 0. The molecule has 21 heavy (non-hydrogen) atoms. The van der Waals surface area contributed by atoms with E-state index in [1.165, 1.54) is 6.07 Å². The standard InChI is InChI=1S/C15H20BrF3N2/c1-3-20-13-4-5-21(10(2)6-13)14-8-11(15(17,18)19)7-12(16)9-14/h7-10,13,20H,3-6H2,1-2H3. The van der Waals surface area contributed by atoms with Gasteiger partial charge in [-0.15, -0.1) is 0 Å². The highest BCUT2D eigenvalue weighted by atomic mass is 79.9. The fourth-order valence-electron chi connectivity index (χ4n) is 2.93. The van der Waals surface area contributed by atoms with E-state index >= 15 is 0 Å². The number of hydrogen-bond acceptors (Lipinski definition) is 2. The zero-order valence-corrected chi connectivity index (χ0v) is 13.8. The molecule has 1 aliphatic rings. The summed E-state index contributed by atoms with van der Waals surface area (Å²) in [4.78, 5) is 2.06. The summed E-state index contributed by atoms with van der Waals surface area (Å²) in [5, 5.41) is 3.42. The molecule has 0 aromatic heterocycles. The van der Waals surface area contributed by atoms with Crippen LogP contribution in [0.4, 0.5) is 18.9 Å². The Morgan fingerprint density at radius 1 is 1.33 bits per heavy atom. The van der Waals surface area contributed by atoms with Crippen LogP contribution in [-0.4, -0.2) is 25.2 Å². The van der Waals surface area contributed by atoms with E-state index in [-0.39, 0.29) is 6.04 Å². The van der Waals surface area contributed by atoms with E-state index in [2.05, 4.69) is 40.0 Å². The molecule has 2 rings (SSSR count). The Balaban J connectivity index is 2.21. The van der Waals surface area contributed by atoms with E-state index in [4.69, 9.17) is 0 Å². The highest BCUT2D eigenvalue weighted by molar-refractivity contribution is 9.10. The van der Waals surface area contributed by atoms with Crippen molar-refractivity contribution in [2.24, 2.45) is 0 Å². The fraction of sp³-hybridized carbons (Fsp3) is 0.600. The first-order valence-corrected chi connectivity index (χ1v) is 7.98. The molecule has 2 nitrogen and oxygen atoms in total. The van der Waals surface area contributed by atoms with Crippen LogP contribution in [0, 0.1) is 0 Å². The lowest BCUT2D eigenvalue weighted by Crippen LogP contribution is -2.47. The van der Waals surface area contributed by atoms with Gasteiger partial charge in [-0.05, 0) is 44.5 Å². The largest absolute Gasteiger partial charge is 0.416 e. The summed E-state index contributed by atoms with van der Waals surface area (Å²) < 4.78 is 39.2. The maximum Gasteiger partial charge on any atom is 0.416 e. The van der Waals surface area contributed by atoms with Crippen LogP contribution in [0.3, 0.4) is 0 Å². The Bertz CT molecular complexity index is 490. The minimum atomic E-state index is -4.32. The van der Waals surface area contributed by atoms with Crippen LogP contribution in [0.2, 0.25) is 0 Å². The lowest BCUT2D eigenvalue weighted by molar-refractivity contribution is -0.137. The molecule has 1 aromatic carbocycles. The minimum absolute atomic E-state index is 0.221. The third-order valence-corrected chi connectivity index (χ3v) is 4.37. The number of nitrogens with one attached hydrogen (secondary N) is 1. The molecule has 0 radical (unpaired) electrons. The number of benzene rings is 1. The van der Waals surface area contributed by atoms with Crippen LogP contribution in [0.25, 0.3) is 0 Å². The van der Waals surface area contributed by atoms with E-state index in [1.54, 1.807) is 6.07 Å². The highest BCUT2D eigenvalue weighted by Gasteiger charge is 2.32. The van der Waals surface area contributed by atoms with Gasteiger partial charge in [-0.1, -0.05) is 22.9 Å². The van der Waals surface area contributed by atoms with Gasteiger partial charge in [-0.2, -0.15) is 13.2 Å². The SMILES string of the molecule is CCNC1CCN(c2cc(Br)cc(C(F)(F)F)c2)C(C)C1. The topological polar surface area (TPSA) is 15.3 Å². The molecule has 6 heteroatoms. The molecule has 2 atom stereocenters. The third-order valence-electron chi connectivity index (χ3n) is 3.91. The van der Waals surface area contributed by atoms with E-state index in [1.807, 2.05) is 0 Å². The van der Waals surface area contributed by atoms with E-state index < -0.39 is 11.7 Å². The zero-order chi connectivity index (χ0) is 15.6. The van der Waals surface area contributed by atoms with Gasteiger partial charge in [0.2, 0.25) is 0 Å². The quantitative estimate of drug-likeness (QED) is 0.852. The van der Waals surface area contributed by atoms with Crippen LogP contribution < -0.4 is 10.2 Å².